The lowest BCUT2D eigenvalue weighted by Crippen LogP contribution is -2.57. The zero-order valence-corrected chi connectivity index (χ0v) is 44.9. The summed E-state index contributed by atoms with van der Waals surface area (Å²) >= 11 is 0. The Bertz CT molecular complexity index is 3960. The first-order valence-electron chi connectivity index (χ1n) is 25.9. The number of hydrogen-bond donors (Lipinski definition) is 0. The van der Waals surface area contributed by atoms with Crippen LogP contribution in [0.3, 0.4) is 0 Å². The lowest BCUT2D eigenvalue weighted by atomic mass is 9.55. The van der Waals surface area contributed by atoms with E-state index in [1.165, 1.54) is 127 Å². The molecule has 0 unspecified atom stereocenters. The van der Waals surface area contributed by atoms with Crippen molar-refractivity contribution in [2.24, 2.45) is 0 Å². The van der Waals surface area contributed by atoms with Gasteiger partial charge in [0.05, 0.1) is 0 Å². The molecule has 0 fully saturated rings. The van der Waals surface area contributed by atoms with Gasteiger partial charge < -0.3 is 9.32 Å². The lowest BCUT2D eigenvalue weighted by Gasteiger charge is -2.34. The van der Waals surface area contributed by atoms with Crippen molar-refractivity contribution in [2.75, 3.05) is 4.90 Å². The molecule has 15 heteroatoms. The Morgan fingerprint density at radius 2 is 0.685 bits per heavy atom. The molecule has 10 aromatic carbocycles. The fourth-order valence-corrected chi connectivity index (χ4v) is 12.2. The zero-order valence-electron chi connectivity index (χ0n) is 44.9. The van der Waals surface area contributed by atoms with Gasteiger partial charge in [-0.3, -0.25) is 0 Å². The van der Waals surface area contributed by atoms with E-state index in [1.54, 1.807) is 0 Å². The van der Waals surface area contributed by atoms with E-state index in [2.05, 4.69) is 265 Å². The Morgan fingerprint density at radius 3 is 1.19 bits per heavy atom. The molecule has 0 aliphatic rings. The minimum absolute atomic E-state index is 0.901. The zero-order chi connectivity index (χ0) is 51.1. The van der Waals surface area contributed by atoms with Crippen LogP contribution in [0.25, 0.3) is 88.3 Å². The molecule has 0 aliphatic heterocycles. The Hall–Kier alpha value is -7.10. The van der Waals surface area contributed by atoms with Gasteiger partial charge in [-0.2, -0.15) is 0 Å². The van der Waals surface area contributed by atoms with E-state index in [-0.39, 0.29) is 0 Å². The molecule has 0 N–H and O–H groups in total. The maximum absolute atomic E-state index is 6.63. The average Bonchev–Trinajstić information content (AvgIpc) is 3.82. The molecule has 0 saturated carbocycles. The van der Waals surface area contributed by atoms with Crippen LogP contribution in [0.15, 0.2) is 162 Å². The summed E-state index contributed by atoms with van der Waals surface area (Å²) < 4.78 is 6.63. The molecule has 0 aliphatic carbocycles. The lowest BCUT2D eigenvalue weighted by molar-refractivity contribution is 0.673. The predicted octanol–water partition coefficient (Wildman–Crippen LogP) is -6.10. The van der Waals surface area contributed by atoms with Gasteiger partial charge in [0.15, 0.2) is 0 Å². The molecule has 1 heterocycles. The quantitative estimate of drug-likeness (QED) is 0.142. The van der Waals surface area contributed by atoms with Crippen molar-refractivity contribution in [2.45, 2.75) is 0 Å². The van der Waals surface area contributed by atoms with Crippen LogP contribution in [-0.4, -0.2) is 102 Å². The molecule has 0 amide bonds. The first-order chi connectivity index (χ1) is 35.2. The van der Waals surface area contributed by atoms with Crippen molar-refractivity contribution in [3.05, 3.63) is 158 Å². The largest absolute Gasteiger partial charge is 0.455 e. The Kier molecular flexibility index (Phi) is 12.4. The second kappa shape index (κ2) is 18.7. The van der Waals surface area contributed by atoms with Gasteiger partial charge in [0.1, 0.15) is 113 Å². The van der Waals surface area contributed by atoms with Crippen LogP contribution in [0.4, 0.5) is 17.1 Å². The maximum Gasteiger partial charge on any atom is 0.143 e. The average molecular weight is 920 g/mol. The van der Waals surface area contributed by atoms with Crippen molar-refractivity contribution in [1.29, 1.82) is 0 Å². The number of hydrogen-bond acceptors (Lipinski definition) is 2. The van der Waals surface area contributed by atoms with Gasteiger partial charge in [-0.05, 0) is 97.4 Å². The number of benzene rings is 10. The summed E-state index contributed by atoms with van der Waals surface area (Å²) in [5.74, 6) is 0. The number of nitrogens with zero attached hydrogens (tertiary/aromatic N) is 1. The minimum Gasteiger partial charge on any atom is -0.455 e. The highest BCUT2D eigenvalue weighted by molar-refractivity contribution is 6.72. The molecule has 0 spiro atoms. The Balaban J connectivity index is 1.05. The van der Waals surface area contributed by atoms with E-state index in [0.717, 1.165) is 49.8 Å². The summed E-state index contributed by atoms with van der Waals surface area (Å²) in [5.41, 5.74) is 35.6. The molecular formula is C58H52B13NO. The molecule has 11 rings (SSSR count). The first kappa shape index (κ1) is 48.2. The molecule has 0 atom stereocenters. The number of furan rings is 1. The van der Waals surface area contributed by atoms with Gasteiger partial charge in [0.25, 0.3) is 0 Å². The van der Waals surface area contributed by atoms with Crippen LogP contribution in [0.2, 0.25) is 0 Å². The van der Waals surface area contributed by atoms with E-state index in [1.807, 2.05) is 0 Å². The molecule has 334 valence electrons. The summed E-state index contributed by atoms with van der Waals surface area (Å²) in [5, 5.41) is 4.60. The van der Waals surface area contributed by atoms with Gasteiger partial charge in [0.2, 0.25) is 0 Å². The van der Waals surface area contributed by atoms with E-state index in [9.17, 15) is 0 Å². The van der Waals surface area contributed by atoms with E-state index < -0.39 is 0 Å². The van der Waals surface area contributed by atoms with E-state index in [4.69, 9.17) is 4.42 Å². The van der Waals surface area contributed by atoms with Gasteiger partial charge in [-0.15, -0.1) is 16.4 Å². The highest BCUT2D eigenvalue weighted by Gasteiger charge is 2.27. The van der Waals surface area contributed by atoms with Crippen molar-refractivity contribution in [3.8, 4) is 55.6 Å². The smallest absolute Gasteiger partial charge is 0.143 e. The third-order valence-corrected chi connectivity index (χ3v) is 17.2. The topological polar surface area (TPSA) is 16.4 Å². The first-order valence-corrected chi connectivity index (χ1v) is 25.9. The summed E-state index contributed by atoms with van der Waals surface area (Å²) in [4.78, 5) is 2.49. The maximum atomic E-state index is 6.63. The SMILES string of the molecule is Bc1c(B)c(B)c(-c2c(B)c(B)c(-c3c(B)c(B)c(N(c4ccc(-c5ccc(-c6ccccc6)cc5)cc4)c4ccc(-c5cccc6oc7c8ccccc8ccc7c56)cc4)c(B)c3B)c(B)c2B)c(B)c1B. The fraction of sp³-hybridized carbons (Fsp3) is 0. The second-order valence-electron chi connectivity index (χ2n) is 20.8. The highest BCUT2D eigenvalue weighted by Crippen LogP contribution is 2.41. The van der Waals surface area contributed by atoms with Crippen LogP contribution >= 0.6 is 0 Å². The van der Waals surface area contributed by atoms with Crippen LogP contribution in [0, 0.1) is 0 Å². The molecule has 2 nitrogen and oxygen atoms in total. The van der Waals surface area contributed by atoms with Crippen LogP contribution < -0.4 is 75.9 Å². The molecule has 0 bridgehead atoms. The van der Waals surface area contributed by atoms with Crippen molar-refractivity contribution >= 4 is 223 Å². The summed E-state index contributed by atoms with van der Waals surface area (Å²) in [6.45, 7) is 0. The second-order valence-corrected chi connectivity index (χ2v) is 20.8. The fourth-order valence-electron chi connectivity index (χ4n) is 12.2. The molecular weight excluding hydrogens is 867 g/mol. The van der Waals surface area contributed by atoms with Gasteiger partial charge >= 0.3 is 0 Å². The van der Waals surface area contributed by atoms with Crippen LogP contribution in [-0.2, 0) is 0 Å². The van der Waals surface area contributed by atoms with Gasteiger partial charge in [-0.25, -0.2) is 0 Å². The number of rotatable bonds is 8. The summed E-state index contributed by atoms with van der Waals surface area (Å²) in [7, 11) is 30.3. The summed E-state index contributed by atoms with van der Waals surface area (Å²) in [6.07, 6.45) is 0. The predicted molar refractivity (Wildman–Crippen MR) is 359 cm³/mol. The third-order valence-electron chi connectivity index (χ3n) is 17.2. The third kappa shape index (κ3) is 7.85. The number of anilines is 3. The van der Waals surface area contributed by atoms with E-state index >= 15 is 0 Å². The molecule has 0 saturated heterocycles. The van der Waals surface area contributed by atoms with Crippen LogP contribution in [0.1, 0.15) is 0 Å². The van der Waals surface area contributed by atoms with Gasteiger partial charge in [-0.1, -0.05) is 176 Å². The normalized spacial score (nSPS) is 11.5. The number of fused-ring (bicyclic) bond motifs is 5. The van der Waals surface area contributed by atoms with E-state index in [0.29, 0.717) is 0 Å². The Morgan fingerprint density at radius 1 is 0.288 bits per heavy atom. The van der Waals surface area contributed by atoms with Gasteiger partial charge in [0, 0.05) is 33.2 Å². The molecule has 73 heavy (non-hydrogen) atoms. The van der Waals surface area contributed by atoms with Crippen molar-refractivity contribution < 1.29 is 4.42 Å². The standard InChI is InChI=1S/C58H52B13NO/c59-44-40(42-48(63)52(67)54(69)53(68)49(42)64)45(60)47(62)41(46(44)61)43-50(65)55(70)57(56(71)51(43)66)72(33-22-17-30(18-23-33)29-15-13-28(14-16-29)27-7-2-1-3-8-27)34-24-19-32(20-25-34)35-11-6-12-38-39(35)37-26-21-31-9-4-5-10-36(31)58(37)73-38/h1-26H,59-71H2. The van der Waals surface area contributed by atoms with Crippen molar-refractivity contribution in [3.63, 3.8) is 0 Å². The Labute approximate surface area is 442 Å². The minimum atomic E-state index is 0.901. The molecule has 1 aromatic heterocycles. The molecule has 11 aromatic rings. The highest BCUT2D eigenvalue weighted by atomic mass is 16.3. The monoisotopic (exact) mass is 922 g/mol. The van der Waals surface area contributed by atoms with Crippen LogP contribution in [0.5, 0.6) is 0 Å². The van der Waals surface area contributed by atoms with Crippen molar-refractivity contribution in [1.82, 2.24) is 0 Å². The summed E-state index contributed by atoms with van der Waals surface area (Å²) in [6, 6.07) is 57.3. The molecule has 0 radical (unpaired) electrons.